The molecule has 7 nitrogen and oxygen atoms in total. The maximum atomic E-state index is 12.9. The Kier molecular flexibility index (Phi) is 4.76. The van der Waals surface area contributed by atoms with Crippen LogP contribution in [0.15, 0.2) is 18.2 Å². The van der Waals surface area contributed by atoms with Gasteiger partial charge in [0.05, 0.1) is 19.8 Å². The number of ether oxygens (including phenoxy) is 2. The van der Waals surface area contributed by atoms with E-state index in [1.54, 1.807) is 18.2 Å². The molecule has 0 unspecified atom stereocenters. The molecule has 1 N–H and O–H groups in total. The first kappa shape index (κ1) is 17.8. The second-order valence-corrected chi connectivity index (χ2v) is 7.45. The van der Waals surface area contributed by atoms with Crippen LogP contribution in [0.3, 0.4) is 0 Å². The summed E-state index contributed by atoms with van der Waals surface area (Å²) < 4.78 is 11.2. The number of ketones is 1. The van der Waals surface area contributed by atoms with E-state index in [1.807, 2.05) is 0 Å². The van der Waals surface area contributed by atoms with Crippen LogP contribution in [0, 0.1) is 0 Å². The number of fused-ring (bicyclic) bond motifs is 1. The molecule has 0 aromatic heterocycles. The van der Waals surface area contributed by atoms with Gasteiger partial charge < -0.3 is 14.8 Å². The van der Waals surface area contributed by atoms with Crippen molar-refractivity contribution in [1.82, 2.24) is 10.2 Å². The first-order valence-corrected chi connectivity index (χ1v) is 9.66. The molecule has 1 aromatic carbocycles. The highest BCUT2D eigenvalue weighted by Gasteiger charge is 2.51. The molecule has 3 aliphatic rings. The van der Waals surface area contributed by atoms with E-state index >= 15 is 0 Å². The lowest BCUT2D eigenvalue weighted by atomic mass is 9.90. The molecule has 3 amide bonds. The molecule has 2 aliphatic heterocycles. The Morgan fingerprint density at radius 2 is 1.70 bits per heavy atom. The molecule has 1 spiro atoms. The van der Waals surface area contributed by atoms with E-state index in [9.17, 15) is 14.4 Å². The Balaban J connectivity index is 1.50. The van der Waals surface area contributed by atoms with E-state index < -0.39 is 11.6 Å². The van der Waals surface area contributed by atoms with Crippen molar-refractivity contribution < 1.29 is 23.9 Å². The zero-order valence-corrected chi connectivity index (χ0v) is 15.3. The highest BCUT2D eigenvalue weighted by molar-refractivity contribution is 6.11. The molecular weight excluding hydrogens is 348 g/mol. The van der Waals surface area contributed by atoms with Gasteiger partial charge in [-0.1, -0.05) is 25.7 Å². The van der Waals surface area contributed by atoms with E-state index in [-0.39, 0.29) is 18.2 Å². The van der Waals surface area contributed by atoms with Gasteiger partial charge in [0, 0.05) is 12.0 Å². The third-order valence-corrected chi connectivity index (χ3v) is 5.57. The fourth-order valence-corrected chi connectivity index (χ4v) is 4.06. The molecular formula is C20H24N2O5. The number of hydrogen-bond acceptors (Lipinski definition) is 5. The number of carbonyl (C=O) groups excluding carboxylic acids is 3. The van der Waals surface area contributed by atoms with Crippen LogP contribution in [0.25, 0.3) is 0 Å². The van der Waals surface area contributed by atoms with Gasteiger partial charge in [-0.25, -0.2) is 4.79 Å². The van der Waals surface area contributed by atoms with Crippen LogP contribution in [0.1, 0.15) is 55.3 Å². The maximum absolute atomic E-state index is 12.9. The number of nitrogens with one attached hydrogen (secondary N) is 1. The van der Waals surface area contributed by atoms with Crippen molar-refractivity contribution in [3.63, 3.8) is 0 Å². The molecule has 0 radical (unpaired) electrons. The second-order valence-electron chi connectivity index (χ2n) is 7.45. The lowest BCUT2D eigenvalue weighted by Gasteiger charge is -2.24. The molecule has 1 saturated carbocycles. The fourth-order valence-electron chi connectivity index (χ4n) is 4.06. The number of carbonyl (C=O) groups is 3. The van der Waals surface area contributed by atoms with Crippen LogP contribution >= 0.6 is 0 Å². The second kappa shape index (κ2) is 7.21. The van der Waals surface area contributed by atoms with Crippen LogP contribution in [0.5, 0.6) is 11.5 Å². The van der Waals surface area contributed by atoms with E-state index in [0.29, 0.717) is 43.1 Å². The lowest BCUT2D eigenvalue weighted by Crippen LogP contribution is -2.46. The number of nitrogens with zero attached hydrogens (tertiary/aromatic N) is 1. The first-order chi connectivity index (χ1) is 13.1. The van der Waals surface area contributed by atoms with Crippen LogP contribution in [-0.2, 0) is 4.79 Å². The van der Waals surface area contributed by atoms with Crippen molar-refractivity contribution in [3.8, 4) is 11.5 Å². The third-order valence-electron chi connectivity index (χ3n) is 5.57. The van der Waals surface area contributed by atoms with Crippen molar-refractivity contribution in [2.45, 2.75) is 50.5 Å². The van der Waals surface area contributed by atoms with E-state index in [4.69, 9.17) is 9.47 Å². The molecule has 1 aliphatic carbocycles. The normalized spacial score (nSPS) is 21.6. The molecule has 0 atom stereocenters. The summed E-state index contributed by atoms with van der Waals surface area (Å²) in [6.45, 7) is 0.844. The predicted octanol–water partition coefficient (Wildman–Crippen LogP) is 2.68. The monoisotopic (exact) mass is 372 g/mol. The molecule has 7 heteroatoms. The molecule has 0 bridgehead atoms. The molecule has 27 heavy (non-hydrogen) atoms. The predicted molar refractivity (Wildman–Crippen MR) is 97.1 cm³/mol. The Hall–Kier alpha value is -2.57. The van der Waals surface area contributed by atoms with Gasteiger partial charge in [-0.05, 0) is 31.0 Å². The minimum Gasteiger partial charge on any atom is -0.490 e. The SMILES string of the molecule is O=C(CN1C(=O)NC2(CCCCCC2)C1=O)c1ccc2c(c1)OCCCO2. The Bertz CT molecular complexity index is 768. The van der Waals surface area contributed by atoms with Crippen molar-refractivity contribution >= 4 is 17.7 Å². The minimum absolute atomic E-state index is 0.258. The lowest BCUT2D eigenvalue weighted by molar-refractivity contribution is -0.131. The van der Waals surface area contributed by atoms with Crippen LogP contribution in [-0.4, -0.2) is 47.9 Å². The van der Waals surface area contributed by atoms with E-state index in [1.165, 1.54) is 0 Å². The van der Waals surface area contributed by atoms with Crippen molar-refractivity contribution in [3.05, 3.63) is 23.8 Å². The van der Waals surface area contributed by atoms with E-state index in [2.05, 4.69) is 5.32 Å². The third kappa shape index (κ3) is 3.38. The standard InChI is InChI=1S/C20H24N2O5/c23-15(14-6-7-16-17(12-14)27-11-5-10-26-16)13-22-18(24)20(21-19(22)25)8-3-1-2-4-9-20/h6-7,12H,1-5,8-11,13H2,(H,21,25). The highest BCUT2D eigenvalue weighted by atomic mass is 16.5. The Morgan fingerprint density at radius 1 is 1.00 bits per heavy atom. The molecule has 1 saturated heterocycles. The van der Waals surface area contributed by atoms with Gasteiger partial charge in [0.2, 0.25) is 0 Å². The quantitative estimate of drug-likeness (QED) is 0.651. The number of hydrogen-bond donors (Lipinski definition) is 1. The molecule has 144 valence electrons. The summed E-state index contributed by atoms with van der Waals surface area (Å²) in [5.41, 5.74) is -0.417. The average molecular weight is 372 g/mol. The topological polar surface area (TPSA) is 84.9 Å². The van der Waals surface area contributed by atoms with Gasteiger partial charge in [0.1, 0.15) is 5.54 Å². The largest absolute Gasteiger partial charge is 0.490 e. The van der Waals surface area contributed by atoms with Crippen LogP contribution < -0.4 is 14.8 Å². The van der Waals surface area contributed by atoms with E-state index in [0.717, 1.165) is 37.0 Å². The summed E-state index contributed by atoms with van der Waals surface area (Å²) in [5.74, 6) is 0.573. The highest BCUT2D eigenvalue weighted by Crippen LogP contribution is 2.33. The van der Waals surface area contributed by atoms with Gasteiger partial charge in [-0.15, -0.1) is 0 Å². The Labute approximate surface area is 158 Å². The number of urea groups is 1. The average Bonchev–Trinajstić information content (AvgIpc) is 2.94. The van der Waals surface area contributed by atoms with Gasteiger partial charge in [0.25, 0.3) is 5.91 Å². The number of Topliss-reactive ketones (excluding diaryl/α,β-unsaturated/α-hetero) is 1. The van der Waals surface area contributed by atoms with Crippen molar-refractivity contribution in [2.75, 3.05) is 19.8 Å². The Morgan fingerprint density at radius 3 is 2.44 bits per heavy atom. The zero-order valence-electron chi connectivity index (χ0n) is 15.3. The minimum atomic E-state index is -0.821. The number of rotatable bonds is 3. The van der Waals surface area contributed by atoms with Gasteiger partial charge in [0.15, 0.2) is 17.3 Å². The molecule has 2 fully saturated rings. The van der Waals surface area contributed by atoms with Gasteiger partial charge >= 0.3 is 6.03 Å². The number of benzene rings is 1. The summed E-state index contributed by atoms with van der Waals surface area (Å²) in [6.07, 6.45) is 6.04. The summed E-state index contributed by atoms with van der Waals surface area (Å²) in [6, 6.07) is 4.51. The number of imide groups is 1. The number of amides is 3. The summed E-state index contributed by atoms with van der Waals surface area (Å²) >= 11 is 0. The fraction of sp³-hybridized carbons (Fsp3) is 0.550. The summed E-state index contributed by atoms with van der Waals surface area (Å²) in [4.78, 5) is 39.1. The van der Waals surface area contributed by atoms with Crippen molar-refractivity contribution in [2.24, 2.45) is 0 Å². The van der Waals surface area contributed by atoms with Gasteiger partial charge in [-0.2, -0.15) is 0 Å². The maximum Gasteiger partial charge on any atom is 0.325 e. The zero-order chi connectivity index (χ0) is 18.9. The first-order valence-electron chi connectivity index (χ1n) is 9.66. The molecule has 2 heterocycles. The molecule has 1 aromatic rings. The summed E-state index contributed by atoms with van der Waals surface area (Å²) in [7, 11) is 0. The van der Waals surface area contributed by atoms with Gasteiger partial charge in [-0.3, -0.25) is 14.5 Å². The van der Waals surface area contributed by atoms with Crippen molar-refractivity contribution in [1.29, 1.82) is 0 Å². The molecule has 4 rings (SSSR count). The van der Waals surface area contributed by atoms with Crippen LogP contribution in [0.4, 0.5) is 4.79 Å². The van der Waals surface area contributed by atoms with Crippen LogP contribution in [0.2, 0.25) is 0 Å². The summed E-state index contributed by atoms with van der Waals surface area (Å²) in [5, 5.41) is 2.86. The smallest absolute Gasteiger partial charge is 0.325 e.